The molecule has 0 bridgehead atoms. The van der Waals surface area contributed by atoms with E-state index < -0.39 is 5.82 Å². The third-order valence-corrected chi connectivity index (χ3v) is 3.17. The second-order valence-corrected chi connectivity index (χ2v) is 4.40. The number of methoxy groups -OCH3 is 1. The smallest absolute Gasteiger partial charge is 0.167 e. The second-order valence-electron chi connectivity index (χ2n) is 4.40. The molecule has 0 amide bonds. The van der Waals surface area contributed by atoms with Crippen molar-refractivity contribution >= 4 is 5.82 Å². The lowest BCUT2D eigenvalue weighted by Crippen LogP contribution is -2.00. The van der Waals surface area contributed by atoms with Gasteiger partial charge in [-0.3, -0.25) is 4.57 Å². The lowest BCUT2D eigenvalue weighted by Gasteiger charge is -2.11. The van der Waals surface area contributed by atoms with E-state index in [0.29, 0.717) is 11.5 Å². The number of aromatic nitrogens is 3. The highest BCUT2D eigenvalue weighted by atomic mass is 19.1. The normalized spacial score (nSPS) is 10.6. The molecule has 0 radical (unpaired) electrons. The fraction of sp³-hybridized carbons (Fsp3) is 0.0667. The summed E-state index contributed by atoms with van der Waals surface area (Å²) in [4.78, 5) is 8.17. The predicted molar refractivity (Wildman–Crippen MR) is 77.7 cm³/mol. The number of benzene rings is 1. The Balaban J connectivity index is 2.11. The number of rotatable bonds is 3. The predicted octanol–water partition coefficient (Wildman–Crippen LogP) is 2.66. The zero-order valence-corrected chi connectivity index (χ0v) is 11.3. The van der Waals surface area contributed by atoms with E-state index in [0.717, 1.165) is 11.3 Å². The Labute approximate surface area is 120 Å². The maximum absolute atomic E-state index is 13.9. The number of halogens is 1. The van der Waals surface area contributed by atoms with Crippen molar-refractivity contribution in [1.29, 1.82) is 0 Å². The molecule has 3 rings (SSSR count). The minimum atomic E-state index is -0.436. The van der Waals surface area contributed by atoms with Crippen molar-refractivity contribution in [3.8, 4) is 22.7 Å². The molecule has 0 fully saturated rings. The Bertz CT molecular complexity index is 785. The Morgan fingerprint density at radius 2 is 2.14 bits per heavy atom. The minimum absolute atomic E-state index is 0.196. The molecule has 2 aromatic heterocycles. The molecule has 21 heavy (non-hydrogen) atoms. The molecule has 0 aliphatic heterocycles. The third-order valence-electron chi connectivity index (χ3n) is 3.17. The van der Waals surface area contributed by atoms with Crippen LogP contribution in [0.5, 0.6) is 5.75 Å². The maximum atomic E-state index is 13.9. The van der Waals surface area contributed by atoms with Gasteiger partial charge in [0.15, 0.2) is 11.6 Å². The zero-order valence-electron chi connectivity index (χ0n) is 11.3. The van der Waals surface area contributed by atoms with Gasteiger partial charge in [0.25, 0.3) is 0 Å². The zero-order chi connectivity index (χ0) is 14.8. The van der Waals surface area contributed by atoms with E-state index in [1.165, 1.54) is 13.2 Å². The first-order chi connectivity index (χ1) is 10.2. The number of pyridine rings is 1. The van der Waals surface area contributed by atoms with Crippen molar-refractivity contribution in [2.24, 2.45) is 0 Å². The van der Waals surface area contributed by atoms with E-state index in [2.05, 4.69) is 9.97 Å². The molecule has 6 heteroatoms. The van der Waals surface area contributed by atoms with Crippen molar-refractivity contribution in [1.82, 2.24) is 14.5 Å². The molecule has 0 unspecified atom stereocenters. The molecule has 0 aliphatic carbocycles. The summed E-state index contributed by atoms with van der Waals surface area (Å²) in [6.45, 7) is 0. The van der Waals surface area contributed by atoms with Crippen LogP contribution in [0.3, 0.4) is 0 Å². The van der Waals surface area contributed by atoms with Crippen LogP contribution >= 0.6 is 0 Å². The van der Waals surface area contributed by atoms with E-state index in [4.69, 9.17) is 10.5 Å². The second kappa shape index (κ2) is 5.24. The number of nitrogens with two attached hydrogens (primary N) is 1. The first kappa shape index (κ1) is 13.1. The van der Waals surface area contributed by atoms with Gasteiger partial charge in [-0.05, 0) is 24.3 Å². The monoisotopic (exact) mass is 284 g/mol. The summed E-state index contributed by atoms with van der Waals surface area (Å²) in [6.07, 6.45) is 4.88. The van der Waals surface area contributed by atoms with Crippen LogP contribution in [-0.2, 0) is 0 Å². The van der Waals surface area contributed by atoms with Crippen molar-refractivity contribution in [2.45, 2.75) is 0 Å². The molecular formula is C15H13FN4O. The average molecular weight is 284 g/mol. The molecule has 0 saturated carbocycles. The standard InChI is InChI=1S/C15H13FN4O/c1-21-14-5-4-10(7-12(14)16)20-9-18-8-13(20)11-3-2-6-19-15(11)17/h2-9H,1H3,(H2,17,19). The molecule has 3 aromatic rings. The van der Waals surface area contributed by atoms with Crippen LogP contribution in [0, 0.1) is 5.82 Å². The molecule has 0 saturated heterocycles. The molecular weight excluding hydrogens is 271 g/mol. The van der Waals surface area contributed by atoms with Gasteiger partial charge in [0.05, 0.1) is 31.0 Å². The van der Waals surface area contributed by atoms with Crippen LogP contribution < -0.4 is 10.5 Å². The third kappa shape index (κ3) is 2.31. The molecule has 5 nitrogen and oxygen atoms in total. The Hall–Kier alpha value is -2.89. The van der Waals surface area contributed by atoms with Crippen LogP contribution in [0.1, 0.15) is 0 Å². The molecule has 0 atom stereocenters. The number of nitrogens with zero attached hydrogens (tertiary/aromatic N) is 3. The Morgan fingerprint density at radius 1 is 1.29 bits per heavy atom. The number of hydrogen-bond donors (Lipinski definition) is 1. The van der Waals surface area contributed by atoms with Gasteiger partial charge in [0.1, 0.15) is 5.82 Å². The molecule has 2 heterocycles. The number of nitrogen functional groups attached to an aromatic ring is 1. The van der Waals surface area contributed by atoms with E-state index in [9.17, 15) is 4.39 Å². The van der Waals surface area contributed by atoms with E-state index in [-0.39, 0.29) is 5.75 Å². The number of hydrogen-bond acceptors (Lipinski definition) is 4. The maximum Gasteiger partial charge on any atom is 0.167 e. The lowest BCUT2D eigenvalue weighted by atomic mass is 10.2. The van der Waals surface area contributed by atoms with Gasteiger partial charge >= 0.3 is 0 Å². The highest BCUT2D eigenvalue weighted by molar-refractivity contribution is 5.72. The SMILES string of the molecule is COc1ccc(-n2cncc2-c2cccnc2N)cc1F. The van der Waals surface area contributed by atoms with Crippen LogP contribution in [0.4, 0.5) is 10.2 Å². The summed E-state index contributed by atoms with van der Waals surface area (Å²) in [5, 5.41) is 0. The summed E-state index contributed by atoms with van der Waals surface area (Å²) in [7, 11) is 1.43. The van der Waals surface area contributed by atoms with Gasteiger partial charge < -0.3 is 10.5 Å². The highest BCUT2D eigenvalue weighted by Crippen LogP contribution is 2.28. The average Bonchev–Trinajstić information content (AvgIpc) is 2.97. The van der Waals surface area contributed by atoms with Gasteiger partial charge in [-0.1, -0.05) is 0 Å². The van der Waals surface area contributed by atoms with Crippen LogP contribution in [0.15, 0.2) is 49.1 Å². The highest BCUT2D eigenvalue weighted by Gasteiger charge is 2.12. The van der Waals surface area contributed by atoms with Crippen molar-refractivity contribution < 1.29 is 9.13 Å². The Morgan fingerprint density at radius 3 is 2.86 bits per heavy atom. The van der Waals surface area contributed by atoms with Crippen LogP contribution in [0.2, 0.25) is 0 Å². The van der Waals surface area contributed by atoms with Gasteiger partial charge in [-0.15, -0.1) is 0 Å². The minimum Gasteiger partial charge on any atom is -0.494 e. The number of ether oxygens (including phenoxy) is 1. The summed E-state index contributed by atoms with van der Waals surface area (Å²) < 4.78 is 20.5. The van der Waals surface area contributed by atoms with Gasteiger partial charge in [-0.25, -0.2) is 14.4 Å². The lowest BCUT2D eigenvalue weighted by molar-refractivity contribution is 0.386. The van der Waals surface area contributed by atoms with E-state index in [1.807, 2.05) is 6.07 Å². The number of anilines is 1. The molecule has 2 N–H and O–H groups in total. The fourth-order valence-electron chi connectivity index (χ4n) is 2.14. The summed E-state index contributed by atoms with van der Waals surface area (Å²) in [6, 6.07) is 8.34. The van der Waals surface area contributed by atoms with E-state index in [1.54, 1.807) is 41.5 Å². The summed E-state index contributed by atoms with van der Waals surface area (Å²) >= 11 is 0. The van der Waals surface area contributed by atoms with Gasteiger partial charge in [0.2, 0.25) is 0 Å². The molecule has 0 aliphatic rings. The summed E-state index contributed by atoms with van der Waals surface area (Å²) in [5.41, 5.74) is 8.00. The van der Waals surface area contributed by atoms with Gasteiger partial charge in [-0.2, -0.15) is 0 Å². The number of imidazole rings is 1. The molecule has 106 valence electrons. The van der Waals surface area contributed by atoms with Crippen LogP contribution in [-0.4, -0.2) is 21.6 Å². The van der Waals surface area contributed by atoms with Crippen molar-refractivity contribution in [3.05, 3.63) is 54.9 Å². The first-order valence-corrected chi connectivity index (χ1v) is 6.28. The quantitative estimate of drug-likeness (QED) is 0.803. The Kier molecular flexibility index (Phi) is 3.27. The van der Waals surface area contributed by atoms with Crippen molar-refractivity contribution in [3.63, 3.8) is 0 Å². The van der Waals surface area contributed by atoms with Gasteiger partial charge in [0, 0.05) is 17.8 Å². The largest absolute Gasteiger partial charge is 0.494 e. The topological polar surface area (TPSA) is 66.0 Å². The van der Waals surface area contributed by atoms with Crippen LogP contribution in [0.25, 0.3) is 16.9 Å². The first-order valence-electron chi connectivity index (χ1n) is 6.28. The van der Waals surface area contributed by atoms with Crippen molar-refractivity contribution in [2.75, 3.05) is 12.8 Å². The van der Waals surface area contributed by atoms with E-state index >= 15 is 0 Å². The summed E-state index contributed by atoms with van der Waals surface area (Å²) in [5.74, 6) is 0.156. The molecule has 1 aromatic carbocycles. The molecule has 0 spiro atoms. The fourth-order valence-corrected chi connectivity index (χ4v) is 2.14.